The van der Waals surface area contributed by atoms with Gasteiger partial charge in [-0.2, -0.15) is 0 Å². The van der Waals surface area contributed by atoms with Crippen LogP contribution in [0.4, 0.5) is 0 Å². The van der Waals surface area contributed by atoms with Gasteiger partial charge in [-0.05, 0) is 39.3 Å². The Morgan fingerprint density at radius 2 is 1.77 bits per heavy atom. The first-order chi connectivity index (χ1) is 10.4. The number of hydrogen-bond donors (Lipinski definition) is 1. The lowest BCUT2D eigenvalue weighted by Gasteiger charge is -2.23. The van der Waals surface area contributed by atoms with Crippen LogP contribution in [0.2, 0.25) is 0 Å². The van der Waals surface area contributed by atoms with Crippen molar-refractivity contribution in [2.24, 2.45) is 5.92 Å². The quantitative estimate of drug-likeness (QED) is 0.926. The van der Waals surface area contributed by atoms with Crippen LogP contribution in [-0.2, 0) is 14.3 Å². The molecule has 0 radical (unpaired) electrons. The number of benzene rings is 1. The summed E-state index contributed by atoms with van der Waals surface area (Å²) in [5.74, 6) is -1.03. The first-order valence-electron chi connectivity index (χ1n) is 7.59. The number of carbonyl (C=O) groups is 2. The molecule has 3 rings (SSSR count). The van der Waals surface area contributed by atoms with Gasteiger partial charge in [-0.25, -0.2) is 0 Å². The Labute approximate surface area is 130 Å². The van der Waals surface area contributed by atoms with E-state index in [0.29, 0.717) is 12.0 Å². The Morgan fingerprint density at radius 1 is 1.14 bits per heavy atom. The van der Waals surface area contributed by atoms with E-state index >= 15 is 0 Å². The van der Waals surface area contributed by atoms with Crippen molar-refractivity contribution < 1.29 is 19.1 Å². The molecule has 1 saturated carbocycles. The summed E-state index contributed by atoms with van der Waals surface area (Å²) in [6, 6.07) is 8.82. The first-order valence-corrected chi connectivity index (χ1v) is 7.59. The first kappa shape index (κ1) is 15.2. The predicted molar refractivity (Wildman–Crippen MR) is 80.3 cm³/mol. The van der Waals surface area contributed by atoms with Crippen molar-refractivity contribution in [3.63, 3.8) is 0 Å². The highest BCUT2D eigenvalue weighted by Gasteiger charge is 2.55. The van der Waals surface area contributed by atoms with E-state index in [1.54, 1.807) is 19.1 Å². The molecular formula is C17H21NO4. The normalized spacial score (nSPS) is 32.5. The Balaban J connectivity index is 1.76. The zero-order valence-electron chi connectivity index (χ0n) is 13.0. The Morgan fingerprint density at radius 3 is 2.41 bits per heavy atom. The third kappa shape index (κ3) is 2.78. The fourth-order valence-corrected chi connectivity index (χ4v) is 3.36. The molecule has 1 aromatic carbocycles. The standard InChI is InChI=1S/C17H21NO4/c1-10(19)12-9-13(15-14(12)21-17(2,3)22-15)18-16(20)11-7-5-4-6-8-11/h4-8,12-15H,9H2,1-3H3,(H,18,20)/t12-,13-,14-,15+/m1/s1. The number of ketones is 1. The molecule has 1 N–H and O–H groups in total. The third-order valence-corrected chi connectivity index (χ3v) is 4.34. The SMILES string of the molecule is CC(=O)[C@H]1C[C@@H](NC(=O)c2ccccc2)[C@@H]2OC(C)(C)O[C@@H]21. The lowest BCUT2D eigenvalue weighted by atomic mass is 10.0. The molecule has 1 aliphatic heterocycles. The monoisotopic (exact) mass is 303 g/mol. The summed E-state index contributed by atoms with van der Waals surface area (Å²) < 4.78 is 11.8. The number of nitrogens with one attached hydrogen (secondary N) is 1. The molecule has 0 unspecified atom stereocenters. The molecule has 0 bridgehead atoms. The molecular weight excluding hydrogens is 282 g/mol. The van der Waals surface area contributed by atoms with Crippen LogP contribution >= 0.6 is 0 Å². The Kier molecular flexibility index (Phi) is 3.78. The minimum absolute atomic E-state index is 0.0766. The lowest BCUT2D eigenvalue weighted by molar-refractivity contribution is -0.160. The summed E-state index contributed by atoms with van der Waals surface area (Å²) in [6.07, 6.45) is -0.00981. The van der Waals surface area contributed by atoms with Gasteiger partial charge >= 0.3 is 0 Å². The van der Waals surface area contributed by atoms with Gasteiger partial charge in [0.15, 0.2) is 5.79 Å². The zero-order chi connectivity index (χ0) is 15.9. The summed E-state index contributed by atoms with van der Waals surface area (Å²) in [7, 11) is 0. The van der Waals surface area contributed by atoms with Crippen molar-refractivity contribution >= 4 is 11.7 Å². The van der Waals surface area contributed by atoms with Gasteiger partial charge in [0, 0.05) is 11.5 Å². The topological polar surface area (TPSA) is 64.6 Å². The fraction of sp³-hybridized carbons (Fsp3) is 0.529. The number of fused-ring (bicyclic) bond motifs is 1. The number of Topliss-reactive ketones (excluding diaryl/α,β-unsaturated/α-hetero) is 1. The van der Waals surface area contributed by atoms with Gasteiger partial charge in [0.2, 0.25) is 0 Å². The lowest BCUT2D eigenvalue weighted by Crippen LogP contribution is -2.43. The summed E-state index contributed by atoms with van der Waals surface area (Å²) >= 11 is 0. The highest BCUT2D eigenvalue weighted by atomic mass is 16.8. The van der Waals surface area contributed by atoms with Crippen molar-refractivity contribution in [3.8, 4) is 0 Å². The molecule has 0 aromatic heterocycles. The van der Waals surface area contributed by atoms with Gasteiger partial charge in [-0.3, -0.25) is 9.59 Å². The average Bonchev–Trinajstić information content (AvgIpc) is 2.94. The predicted octanol–water partition coefficient (Wildman–Crippen LogP) is 1.91. The average molecular weight is 303 g/mol. The maximum absolute atomic E-state index is 12.3. The van der Waals surface area contributed by atoms with E-state index in [1.807, 2.05) is 32.0 Å². The van der Waals surface area contributed by atoms with Crippen LogP contribution in [0.25, 0.3) is 0 Å². The molecule has 5 heteroatoms. The zero-order valence-corrected chi connectivity index (χ0v) is 13.0. The molecule has 4 atom stereocenters. The van der Waals surface area contributed by atoms with Crippen LogP contribution in [-0.4, -0.2) is 35.7 Å². The summed E-state index contributed by atoms with van der Waals surface area (Å²) in [6.45, 7) is 5.23. The third-order valence-electron chi connectivity index (χ3n) is 4.34. The van der Waals surface area contributed by atoms with Crippen LogP contribution in [0.5, 0.6) is 0 Å². The second-order valence-corrected chi connectivity index (χ2v) is 6.46. The Bertz CT molecular complexity index is 584. The van der Waals surface area contributed by atoms with Crippen molar-refractivity contribution in [2.75, 3.05) is 0 Å². The van der Waals surface area contributed by atoms with Gasteiger partial charge in [0.05, 0.1) is 12.1 Å². The maximum atomic E-state index is 12.3. The number of carbonyl (C=O) groups excluding carboxylic acids is 2. The molecule has 1 amide bonds. The fourth-order valence-electron chi connectivity index (χ4n) is 3.36. The second kappa shape index (κ2) is 5.48. The van der Waals surface area contributed by atoms with Crippen LogP contribution in [0.15, 0.2) is 30.3 Å². The number of ether oxygens (including phenoxy) is 2. The maximum Gasteiger partial charge on any atom is 0.251 e. The molecule has 2 aliphatic rings. The van der Waals surface area contributed by atoms with Crippen molar-refractivity contribution in [3.05, 3.63) is 35.9 Å². The van der Waals surface area contributed by atoms with E-state index in [9.17, 15) is 9.59 Å². The van der Waals surface area contributed by atoms with Gasteiger partial charge in [-0.1, -0.05) is 18.2 Å². The molecule has 5 nitrogen and oxygen atoms in total. The number of hydrogen-bond acceptors (Lipinski definition) is 4. The molecule has 1 heterocycles. The molecule has 2 fully saturated rings. The van der Waals surface area contributed by atoms with E-state index in [0.717, 1.165) is 0 Å². The van der Waals surface area contributed by atoms with Crippen molar-refractivity contribution in [2.45, 2.75) is 51.2 Å². The van der Waals surface area contributed by atoms with Crippen LogP contribution in [0, 0.1) is 5.92 Å². The smallest absolute Gasteiger partial charge is 0.251 e. The second-order valence-electron chi connectivity index (χ2n) is 6.46. The molecule has 1 aliphatic carbocycles. The van der Waals surface area contributed by atoms with Crippen LogP contribution < -0.4 is 5.32 Å². The van der Waals surface area contributed by atoms with Gasteiger partial charge in [-0.15, -0.1) is 0 Å². The van der Waals surface area contributed by atoms with Gasteiger partial charge in [0.1, 0.15) is 11.9 Å². The largest absolute Gasteiger partial charge is 0.347 e. The number of amides is 1. The number of rotatable bonds is 3. The molecule has 1 aromatic rings. The van der Waals surface area contributed by atoms with Crippen LogP contribution in [0.1, 0.15) is 37.6 Å². The minimum Gasteiger partial charge on any atom is -0.347 e. The van der Waals surface area contributed by atoms with Crippen LogP contribution in [0.3, 0.4) is 0 Å². The highest BCUT2D eigenvalue weighted by Crippen LogP contribution is 2.42. The molecule has 1 saturated heterocycles. The summed E-state index contributed by atoms with van der Waals surface area (Å²) in [5, 5.41) is 2.99. The summed E-state index contributed by atoms with van der Waals surface area (Å²) in [5.41, 5.74) is 0.600. The molecule has 118 valence electrons. The molecule has 0 spiro atoms. The van der Waals surface area contributed by atoms with E-state index in [2.05, 4.69) is 5.32 Å². The van der Waals surface area contributed by atoms with Gasteiger partial charge in [0.25, 0.3) is 5.91 Å². The Hall–Kier alpha value is -1.72. The van der Waals surface area contributed by atoms with E-state index < -0.39 is 5.79 Å². The summed E-state index contributed by atoms with van der Waals surface area (Å²) in [4.78, 5) is 24.2. The highest BCUT2D eigenvalue weighted by molar-refractivity contribution is 5.94. The minimum atomic E-state index is -0.723. The van der Waals surface area contributed by atoms with E-state index in [1.165, 1.54) is 0 Å². The van der Waals surface area contributed by atoms with Crippen molar-refractivity contribution in [1.82, 2.24) is 5.32 Å². The van der Waals surface area contributed by atoms with E-state index in [-0.39, 0.29) is 35.9 Å². The van der Waals surface area contributed by atoms with E-state index in [4.69, 9.17) is 9.47 Å². The van der Waals surface area contributed by atoms with Gasteiger partial charge < -0.3 is 14.8 Å². The molecule has 22 heavy (non-hydrogen) atoms. The van der Waals surface area contributed by atoms with Crippen molar-refractivity contribution in [1.29, 1.82) is 0 Å².